The second-order valence-corrected chi connectivity index (χ2v) is 5.82. The molecule has 2 rings (SSSR count). The van der Waals surface area contributed by atoms with Gasteiger partial charge in [0.15, 0.2) is 0 Å². The maximum atomic E-state index is 11.9. The van der Waals surface area contributed by atoms with Crippen molar-refractivity contribution in [2.45, 2.75) is 6.54 Å². The monoisotopic (exact) mass is 346 g/mol. The predicted molar refractivity (Wildman–Crippen MR) is 94.2 cm³/mol. The highest BCUT2D eigenvalue weighted by atomic mass is 35.5. The van der Waals surface area contributed by atoms with E-state index >= 15 is 0 Å². The Labute approximate surface area is 145 Å². The average molecular weight is 347 g/mol. The summed E-state index contributed by atoms with van der Waals surface area (Å²) in [6.07, 6.45) is 1.44. The summed E-state index contributed by atoms with van der Waals surface area (Å²) in [5.41, 5.74) is 2.25. The smallest absolute Gasteiger partial charge is 0.270 e. The van der Waals surface area contributed by atoms with Crippen molar-refractivity contribution in [1.82, 2.24) is 15.6 Å². The Bertz CT molecular complexity index is 717. The second-order valence-electron chi connectivity index (χ2n) is 5.38. The Kier molecular flexibility index (Phi) is 6.14. The number of amides is 2. The number of benzene rings is 1. The summed E-state index contributed by atoms with van der Waals surface area (Å²) in [7, 11) is 3.93. The minimum atomic E-state index is -0.442. The second kappa shape index (κ2) is 8.31. The number of hydrogen-bond acceptors (Lipinski definition) is 4. The third-order valence-electron chi connectivity index (χ3n) is 3.31. The first-order chi connectivity index (χ1) is 11.5. The lowest BCUT2D eigenvalue weighted by molar-refractivity contribution is -0.120. The van der Waals surface area contributed by atoms with Gasteiger partial charge in [0.2, 0.25) is 5.91 Å². The highest BCUT2D eigenvalue weighted by molar-refractivity contribution is 6.30. The topological polar surface area (TPSA) is 74.3 Å². The molecule has 0 atom stereocenters. The quantitative estimate of drug-likeness (QED) is 0.837. The van der Waals surface area contributed by atoms with Gasteiger partial charge in [0.05, 0.1) is 6.54 Å². The Morgan fingerprint density at radius 2 is 1.83 bits per heavy atom. The lowest BCUT2D eigenvalue weighted by Gasteiger charge is -2.13. The molecule has 0 unspecified atom stereocenters. The van der Waals surface area contributed by atoms with Gasteiger partial charge >= 0.3 is 0 Å². The van der Waals surface area contributed by atoms with Crippen molar-refractivity contribution >= 4 is 29.1 Å². The van der Waals surface area contributed by atoms with E-state index in [0.717, 1.165) is 11.3 Å². The molecule has 1 heterocycles. The van der Waals surface area contributed by atoms with E-state index in [4.69, 9.17) is 11.6 Å². The number of aromatic nitrogens is 1. The Morgan fingerprint density at radius 3 is 2.46 bits per heavy atom. The normalized spacial score (nSPS) is 10.1. The molecule has 0 aliphatic heterocycles. The number of carbonyl (C=O) groups excluding carboxylic acids is 2. The molecule has 2 aromatic rings. The van der Waals surface area contributed by atoms with Gasteiger partial charge in [-0.1, -0.05) is 23.7 Å². The molecule has 126 valence electrons. The summed E-state index contributed by atoms with van der Waals surface area (Å²) in [6, 6.07) is 10.9. The van der Waals surface area contributed by atoms with Crippen LogP contribution in [0.4, 0.5) is 5.69 Å². The molecule has 7 heteroatoms. The number of anilines is 1. The van der Waals surface area contributed by atoms with Gasteiger partial charge < -0.3 is 15.5 Å². The van der Waals surface area contributed by atoms with E-state index in [0.29, 0.717) is 11.6 Å². The molecule has 6 nitrogen and oxygen atoms in total. The third kappa shape index (κ3) is 5.24. The van der Waals surface area contributed by atoms with Gasteiger partial charge in [0.1, 0.15) is 5.69 Å². The molecule has 0 fully saturated rings. The molecule has 2 N–H and O–H groups in total. The molecular formula is C17H19ClN4O2. The Hall–Kier alpha value is -2.60. The van der Waals surface area contributed by atoms with Crippen LogP contribution in [-0.4, -0.2) is 37.4 Å². The maximum absolute atomic E-state index is 11.9. The summed E-state index contributed by atoms with van der Waals surface area (Å²) < 4.78 is 0. The van der Waals surface area contributed by atoms with Crippen molar-refractivity contribution in [3.05, 3.63) is 58.9 Å². The first kappa shape index (κ1) is 17.7. The van der Waals surface area contributed by atoms with Crippen LogP contribution in [0.5, 0.6) is 0 Å². The molecule has 24 heavy (non-hydrogen) atoms. The fourth-order valence-corrected chi connectivity index (χ4v) is 2.11. The lowest BCUT2D eigenvalue weighted by atomic mass is 10.2. The van der Waals surface area contributed by atoms with E-state index in [-0.39, 0.29) is 18.1 Å². The average Bonchev–Trinajstić information content (AvgIpc) is 2.58. The number of nitrogens with zero attached hydrogens (tertiary/aromatic N) is 2. The van der Waals surface area contributed by atoms with Gasteiger partial charge in [-0.15, -0.1) is 0 Å². The van der Waals surface area contributed by atoms with Crippen LogP contribution in [0.1, 0.15) is 16.1 Å². The zero-order chi connectivity index (χ0) is 17.5. The minimum absolute atomic E-state index is 0.122. The van der Waals surface area contributed by atoms with E-state index in [1.807, 2.05) is 43.3 Å². The van der Waals surface area contributed by atoms with Crippen LogP contribution < -0.4 is 15.5 Å². The Morgan fingerprint density at radius 1 is 1.12 bits per heavy atom. The first-order valence-corrected chi connectivity index (χ1v) is 7.76. The molecule has 0 radical (unpaired) electrons. The molecule has 0 aliphatic carbocycles. The molecule has 0 aliphatic rings. The van der Waals surface area contributed by atoms with Crippen molar-refractivity contribution < 1.29 is 9.59 Å². The maximum Gasteiger partial charge on any atom is 0.270 e. The summed E-state index contributed by atoms with van der Waals surface area (Å²) in [5, 5.41) is 5.68. The van der Waals surface area contributed by atoms with Gasteiger partial charge in [-0.05, 0) is 29.8 Å². The largest absolute Gasteiger partial charge is 0.378 e. The van der Waals surface area contributed by atoms with Crippen LogP contribution in [0.2, 0.25) is 5.02 Å². The number of hydrogen-bond donors (Lipinski definition) is 2. The molecule has 2 amide bonds. The zero-order valence-electron chi connectivity index (χ0n) is 13.5. The number of carbonyl (C=O) groups is 2. The molecule has 0 saturated carbocycles. The van der Waals surface area contributed by atoms with E-state index < -0.39 is 5.91 Å². The van der Waals surface area contributed by atoms with Gasteiger partial charge in [-0.25, -0.2) is 0 Å². The summed E-state index contributed by atoms with van der Waals surface area (Å²) in [5.74, 6) is -0.718. The lowest BCUT2D eigenvalue weighted by Crippen LogP contribution is -2.36. The highest BCUT2D eigenvalue weighted by Gasteiger charge is 2.09. The molecule has 0 saturated heterocycles. The van der Waals surface area contributed by atoms with E-state index in [2.05, 4.69) is 15.6 Å². The van der Waals surface area contributed by atoms with Crippen LogP contribution >= 0.6 is 11.6 Å². The third-order valence-corrected chi connectivity index (χ3v) is 3.54. The molecule has 0 spiro atoms. The summed E-state index contributed by atoms with van der Waals surface area (Å²) >= 11 is 5.80. The van der Waals surface area contributed by atoms with Crippen LogP contribution in [0, 0.1) is 0 Å². The number of nitrogens with one attached hydrogen (secondary N) is 2. The number of rotatable bonds is 6. The van der Waals surface area contributed by atoms with Gasteiger partial charge in [-0.3, -0.25) is 14.6 Å². The van der Waals surface area contributed by atoms with Crippen molar-refractivity contribution in [2.75, 3.05) is 25.5 Å². The van der Waals surface area contributed by atoms with E-state index in [1.54, 1.807) is 6.07 Å². The van der Waals surface area contributed by atoms with Gasteiger partial charge in [-0.2, -0.15) is 0 Å². The predicted octanol–water partition coefficient (Wildman–Crippen LogP) is 1.85. The standard InChI is InChI=1S/C17H19ClN4O2/c1-22(2)14-5-3-12(4-6-14)10-20-16(23)11-21-17(24)15-9-13(18)7-8-19-15/h3-9H,10-11H2,1-2H3,(H,20,23)(H,21,24). The van der Waals surface area contributed by atoms with Crippen LogP contribution in [-0.2, 0) is 11.3 Å². The number of pyridine rings is 1. The van der Waals surface area contributed by atoms with Crippen molar-refractivity contribution in [1.29, 1.82) is 0 Å². The van der Waals surface area contributed by atoms with Crippen molar-refractivity contribution in [3.63, 3.8) is 0 Å². The van der Waals surface area contributed by atoms with Gasteiger partial charge in [0.25, 0.3) is 5.91 Å². The minimum Gasteiger partial charge on any atom is -0.378 e. The van der Waals surface area contributed by atoms with Crippen LogP contribution in [0.15, 0.2) is 42.6 Å². The van der Waals surface area contributed by atoms with E-state index in [9.17, 15) is 9.59 Å². The van der Waals surface area contributed by atoms with Crippen molar-refractivity contribution in [3.8, 4) is 0 Å². The Balaban J connectivity index is 1.78. The molecule has 0 bridgehead atoms. The van der Waals surface area contributed by atoms with Gasteiger partial charge in [0, 0.05) is 37.5 Å². The molecule has 1 aromatic heterocycles. The molecule has 1 aromatic carbocycles. The summed E-state index contributed by atoms with van der Waals surface area (Å²) in [4.78, 5) is 29.6. The molecular weight excluding hydrogens is 328 g/mol. The van der Waals surface area contributed by atoms with Crippen LogP contribution in [0.25, 0.3) is 0 Å². The highest BCUT2D eigenvalue weighted by Crippen LogP contribution is 2.12. The first-order valence-electron chi connectivity index (χ1n) is 7.38. The van der Waals surface area contributed by atoms with E-state index in [1.165, 1.54) is 12.3 Å². The summed E-state index contributed by atoms with van der Waals surface area (Å²) in [6.45, 7) is 0.278. The fourth-order valence-electron chi connectivity index (χ4n) is 1.96. The van der Waals surface area contributed by atoms with Crippen LogP contribution in [0.3, 0.4) is 0 Å². The fraction of sp³-hybridized carbons (Fsp3) is 0.235. The SMILES string of the molecule is CN(C)c1ccc(CNC(=O)CNC(=O)c2cc(Cl)ccn2)cc1. The number of halogens is 1. The zero-order valence-corrected chi connectivity index (χ0v) is 14.3. The van der Waals surface area contributed by atoms with Crippen molar-refractivity contribution in [2.24, 2.45) is 0 Å².